The Morgan fingerprint density at radius 2 is 2.19 bits per heavy atom. The maximum atomic E-state index is 4.21. The number of fused-ring (bicyclic) bond motifs is 2. The van der Waals surface area contributed by atoms with Crippen LogP contribution in [0.2, 0.25) is 0 Å². The van der Waals surface area contributed by atoms with Gasteiger partial charge in [0, 0.05) is 36.4 Å². The van der Waals surface area contributed by atoms with Crippen molar-refractivity contribution in [2.75, 3.05) is 13.1 Å². The van der Waals surface area contributed by atoms with Gasteiger partial charge in [-0.1, -0.05) is 18.2 Å². The third-order valence-electron chi connectivity index (χ3n) is 5.17. The number of hydrogen-bond acceptors (Lipinski definition) is 3. The van der Waals surface area contributed by atoms with Gasteiger partial charge < -0.3 is 10.2 Å². The lowest BCUT2D eigenvalue weighted by Crippen LogP contribution is -2.45. The minimum Gasteiger partial charge on any atom is -0.310 e. The summed E-state index contributed by atoms with van der Waals surface area (Å²) in [5.74, 6) is 0. The molecule has 21 heavy (non-hydrogen) atoms. The van der Waals surface area contributed by atoms with E-state index in [1.807, 2.05) is 12.4 Å². The molecule has 0 radical (unpaired) electrons. The molecule has 3 heteroatoms. The van der Waals surface area contributed by atoms with Crippen LogP contribution in [0.4, 0.5) is 0 Å². The lowest BCUT2D eigenvalue weighted by Gasteiger charge is -2.35. The van der Waals surface area contributed by atoms with Crippen LogP contribution in [0.15, 0.2) is 36.7 Å². The Bertz CT molecular complexity index is 619. The molecule has 1 aromatic heterocycles. The van der Waals surface area contributed by atoms with Crippen LogP contribution >= 0.6 is 0 Å². The SMILES string of the molecule is c1cc(CNC2CCN3CCCC3C2)c2ccncc2c1. The average Bonchev–Trinajstić information content (AvgIpc) is 3.00. The number of rotatable bonds is 3. The van der Waals surface area contributed by atoms with Crippen LogP contribution in [0.5, 0.6) is 0 Å². The first-order chi connectivity index (χ1) is 10.4. The monoisotopic (exact) mass is 281 g/mol. The van der Waals surface area contributed by atoms with Gasteiger partial charge in [0.2, 0.25) is 0 Å². The molecule has 3 nitrogen and oxygen atoms in total. The molecule has 2 unspecified atom stereocenters. The van der Waals surface area contributed by atoms with E-state index in [0.717, 1.165) is 12.6 Å². The second kappa shape index (κ2) is 5.74. The summed E-state index contributed by atoms with van der Waals surface area (Å²) < 4.78 is 0. The number of hydrogen-bond donors (Lipinski definition) is 1. The molecule has 2 aromatic rings. The molecule has 110 valence electrons. The largest absolute Gasteiger partial charge is 0.310 e. The van der Waals surface area contributed by atoms with Gasteiger partial charge in [0.25, 0.3) is 0 Å². The summed E-state index contributed by atoms with van der Waals surface area (Å²) >= 11 is 0. The minimum absolute atomic E-state index is 0.682. The maximum Gasteiger partial charge on any atom is 0.0346 e. The quantitative estimate of drug-likeness (QED) is 0.937. The summed E-state index contributed by atoms with van der Waals surface area (Å²) in [6.45, 7) is 3.58. The smallest absolute Gasteiger partial charge is 0.0346 e. The van der Waals surface area contributed by atoms with Gasteiger partial charge in [-0.3, -0.25) is 4.98 Å². The normalized spacial score (nSPS) is 26.1. The van der Waals surface area contributed by atoms with Crippen LogP contribution in [0.3, 0.4) is 0 Å². The van der Waals surface area contributed by atoms with Crippen LogP contribution in [0.25, 0.3) is 10.8 Å². The molecule has 2 aliphatic rings. The molecule has 4 rings (SSSR count). The van der Waals surface area contributed by atoms with Crippen LogP contribution in [0, 0.1) is 0 Å². The zero-order valence-corrected chi connectivity index (χ0v) is 12.5. The lowest BCUT2D eigenvalue weighted by atomic mass is 9.97. The Balaban J connectivity index is 1.44. The Morgan fingerprint density at radius 1 is 1.19 bits per heavy atom. The number of aromatic nitrogens is 1. The third kappa shape index (κ3) is 2.68. The van der Waals surface area contributed by atoms with E-state index in [4.69, 9.17) is 0 Å². The highest BCUT2D eigenvalue weighted by molar-refractivity contribution is 5.84. The van der Waals surface area contributed by atoms with Gasteiger partial charge in [-0.05, 0) is 55.8 Å². The van der Waals surface area contributed by atoms with E-state index in [1.165, 1.54) is 55.1 Å². The van der Waals surface area contributed by atoms with Crippen molar-refractivity contribution in [2.45, 2.75) is 44.3 Å². The molecule has 2 atom stereocenters. The highest BCUT2D eigenvalue weighted by Crippen LogP contribution is 2.27. The molecule has 0 saturated carbocycles. The Kier molecular flexibility index (Phi) is 3.62. The second-order valence-corrected chi connectivity index (χ2v) is 6.45. The van der Waals surface area contributed by atoms with Crippen LogP contribution in [0.1, 0.15) is 31.2 Å². The second-order valence-electron chi connectivity index (χ2n) is 6.45. The van der Waals surface area contributed by atoms with Gasteiger partial charge in [-0.2, -0.15) is 0 Å². The fourth-order valence-electron chi connectivity index (χ4n) is 4.01. The third-order valence-corrected chi connectivity index (χ3v) is 5.17. The first kappa shape index (κ1) is 13.2. The van der Waals surface area contributed by atoms with Crippen molar-refractivity contribution in [3.05, 3.63) is 42.2 Å². The molecule has 2 saturated heterocycles. The zero-order valence-electron chi connectivity index (χ0n) is 12.5. The molecule has 0 aliphatic carbocycles. The maximum absolute atomic E-state index is 4.21. The van der Waals surface area contributed by atoms with Gasteiger partial charge in [-0.25, -0.2) is 0 Å². The molecular weight excluding hydrogens is 258 g/mol. The predicted molar refractivity (Wildman–Crippen MR) is 86.2 cm³/mol. The van der Waals surface area contributed by atoms with Crippen molar-refractivity contribution in [3.8, 4) is 0 Å². The zero-order chi connectivity index (χ0) is 14.1. The van der Waals surface area contributed by atoms with Gasteiger partial charge >= 0.3 is 0 Å². The fourth-order valence-corrected chi connectivity index (χ4v) is 4.01. The molecule has 2 aliphatic heterocycles. The van der Waals surface area contributed by atoms with Crippen LogP contribution in [-0.4, -0.2) is 35.1 Å². The van der Waals surface area contributed by atoms with E-state index < -0.39 is 0 Å². The van der Waals surface area contributed by atoms with Crippen LogP contribution in [-0.2, 0) is 6.54 Å². The topological polar surface area (TPSA) is 28.2 Å². The average molecular weight is 281 g/mol. The van der Waals surface area contributed by atoms with Crippen molar-refractivity contribution in [1.82, 2.24) is 15.2 Å². The number of nitrogens with one attached hydrogen (secondary N) is 1. The van der Waals surface area contributed by atoms with Crippen molar-refractivity contribution in [3.63, 3.8) is 0 Å². The van der Waals surface area contributed by atoms with Crippen LogP contribution < -0.4 is 5.32 Å². The molecule has 3 heterocycles. The summed E-state index contributed by atoms with van der Waals surface area (Å²) in [5, 5.41) is 6.37. The molecule has 1 N–H and O–H groups in total. The van der Waals surface area contributed by atoms with E-state index in [9.17, 15) is 0 Å². The number of benzene rings is 1. The first-order valence-corrected chi connectivity index (χ1v) is 8.19. The highest BCUT2D eigenvalue weighted by Gasteiger charge is 2.31. The van der Waals surface area contributed by atoms with E-state index in [-0.39, 0.29) is 0 Å². The summed E-state index contributed by atoms with van der Waals surface area (Å²) in [6.07, 6.45) is 9.26. The Morgan fingerprint density at radius 3 is 3.19 bits per heavy atom. The standard InChI is InChI=1S/C18H23N3/c1-3-14-12-19-8-6-18(14)15(4-1)13-20-16-7-10-21-9-2-5-17(21)11-16/h1,3-4,6,8,12,16-17,20H,2,5,7,9-11,13H2. The molecule has 0 spiro atoms. The summed E-state index contributed by atoms with van der Waals surface area (Å²) in [6, 6.07) is 10.2. The number of piperidine rings is 1. The Labute approximate surface area is 126 Å². The molecular formula is C18H23N3. The molecule has 2 fully saturated rings. The first-order valence-electron chi connectivity index (χ1n) is 8.19. The highest BCUT2D eigenvalue weighted by atomic mass is 15.2. The van der Waals surface area contributed by atoms with Gasteiger partial charge in [0.05, 0.1) is 0 Å². The van der Waals surface area contributed by atoms with Crippen molar-refractivity contribution in [2.24, 2.45) is 0 Å². The summed E-state index contributed by atoms with van der Waals surface area (Å²) in [5.41, 5.74) is 1.39. The van der Waals surface area contributed by atoms with E-state index in [1.54, 1.807) is 0 Å². The predicted octanol–water partition coefficient (Wildman–Crippen LogP) is 2.95. The van der Waals surface area contributed by atoms with Crippen molar-refractivity contribution >= 4 is 10.8 Å². The van der Waals surface area contributed by atoms with E-state index in [2.05, 4.69) is 39.5 Å². The molecule has 0 amide bonds. The fraction of sp³-hybridized carbons (Fsp3) is 0.500. The van der Waals surface area contributed by atoms with E-state index >= 15 is 0 Å². The summed E-state index contributed by atoms with van der Waals surface area (Å²) in [7, 11) is 0. The number of pyridine rings is 1. The lowest BCUT2D eigenvalue weighted by molar-refractivity contribution is 0.166. The van der Waals surface area contributed by atoms with Gasteiger partial charge in [0.1, 0.15) is 0 Å². The summed E-state index contributed by atoms with van der Waals surface area (Å²) in [4.78, 5) is 6.90. The molecule has 0 bridgehead atoms. The van der Waals surface area contributed by atoms with Crippen molar-refractivity contribution in [1.29, 1.82) is 0 Å². The van der Waals surface area contributed by atoms with E-state index in [0.29, 0.717) is 6.04 Å². The minimum atomic E-state index is 0.682. The van der Waals surface area contributed by atoms with Gasteiger partial charge in [0.15, 0.2) is 0 Å². The number of nitrogens with zero attached hydrogens (tertiary/aromatic N) is 2. The van der Waals surface area contributed by atoms with Gasteiger partial charge in [-0.15, -0.1) is 0 Å². The van der Waals surface area contributed by atoms with Crippen molar-refractivity contribution < 1.29 is 0 Å². The molecule has 1 aromatic carbocycles. The Hall–Kier alpha value is -1.45.